The molecule has 80 heavy (non-hydrogen) atoms. The van der Waals surface area contributed by atoms with Crippen LogP contribution in [0.5, 0.6) is 11.5 Å². The summed E-state index contributed by atoms with van der Waals surface area (Å²) < 4.78 is 5.60. The normalized spacial score (nSPS) is 33.5. The number of aromatic amines is 1. The van der Waals surface area contributed by atoms with Crippen LogP contribution in [-0.2, 0) is 22.4 Å². The number of phenols is 1. The number of aromatic nitrogens is 1. The molecule has 1 spiro atoms. The van der Waals surface area contributed by atoms with Crippen molar-refractivity contribution in [3.63, 3.8) is 0 Å². The number of Topliss-reactive ketones (excluding diaryl/α,β-unsaturated/α-hetero) is 2. The summed E-state index contributed by atoms with van der Waals surface area (Å²) in [5.74, 6) is 8.24. The lowest BCUT2D eigenvalue weighted by molar-refractivity contribution is -0.145. The number of aliphatic hydroxyl groups is 5. The number of H-pyrrole nitrogens is 1. The van der Waals surface area contributed by atoms with E-state index < -0.39 is 35.9 Å². The summed E-state index contributed by atoms with van der Waals surface area (Å²) in [7, 11) is 1.48. The number of ether oxygens (including phenoxy) is 1. The molecule has 12 N–H and O–H groups in total. The molecule has 3 aromatic carbocycles. The predicted molar refractivity (Wildman–Crippen MR) is 306 cm³/mol. The van der Waals surface area contributed by atoms with Crippen molar-refractivity contribution >= 4 is 22.3 Å². The van der Waals surface area contributed by atoms with Gasteiger partial charge in [0.15, 0.2) is 23.6 Å². The zero-order valence-corrected chi connectivity index (χ0v) is 46.7. The highest BCUT2D eigenvalue weighted by Gasteiger charge is 2.65. The van der Waals surface area contributed by atoms with Crippen molar-refractivity contribution in [1.29, 1.82) is 0 Å². The first-order valence-corrected chi connectivity index (χ1v) is 30.2. The second-order valence-corrected chi connectivity index (χ2v) is 25.2. The van der Waals surface area contributed by atoms with Gasteiger partial charge in [-0.2, -0.15) is 0 Å². The fourth-order valence-electron chi connectivity index (χ4n) is 17.9. The smallest absolute Gasteiger partial charge is 0.160 e. The molecule has 14 heteroatoms. The lowest BCUT2D eigenvalue weighted by Gasteiger charge is -2.65. The number of allylic oxidation sites excluding steroid dienone is 2. The van der Waals surface area contributed by atoms with Gasteiger partial charge in [-0.05, 0) is 200 Å². The van der Waals surface area contributed by atoms with Gasteiger partial charge in [-0.15, -0.1) is 0 Å². The number of dihydropyridines is 1. The van der Waals surface area contributed by atoms with Crippen molar-refractivity contribution in [2.45, 2.75) is 152 Å². The molecule has 0 radical (unpaired) electrons. The third-order valence-corrected chi connectivity index (χ3v) is 21.5. The van der Waals surface area contributed by atoms with Crippen LogP contribution in [0.4, 0.5) is 0 Å². The molecule has 4 fully saturated rings. The third-order valence-electron chi connectivity index (χ3n) is 21.5. The summed E-state index contributed by atoms with van der Waals surface area (Å²) in [6, 6.07) is 18.0. The van der Waals surface area contributed by atoms with E-state index in [0.717, 1.165) is 66.4 Å². The molecule has 0 bridgehead atoms. The summed E-state index contributed by atoms with van der Waals surface area (Å²) in [4.78, 5) is 32.9. The number of hydrogen-bond acceptors (Lipinski definition) is 13. The Labute approximate surface area is 470 Å². The van der Waals surface area contributed by atoms with Crippen LogP contribution >= 0.6 is 0 Å². The number of fused-ring (bicyclic) bond motifs is 3. The lowest BCUT2D eigenvalue weighted by Crippen LogP contribution is -2.67. The zero-order valence-electron chi connectivity index (χ0n) is 46.7. The van der Waals surface area contributed by atoms with Crippen LogP contribution in [0.2, 0.25) is 0 Å². The number of aliphatic hydroxyl groups excluding tert-OH is 4. The van der Waals surface area contributed by atoms with Crippen molar-refractivity contribution in [3.05, 3.63) is 117 Å². The molecule has 14 nitrogen and oxygen atoms in total. The number of nitrogens with one attached hydrogen (secondary N) is 4. The van der Waals surface area contributed by atoms with Crippen molar-refractivity contribution in [1.82, 2.24) is 20.9 Å². The molecular weight excluding hydrogens is 1010 g/mol. The van der Waals surface area contributed by atoms with E-state index in [2.05, 4.69) is 83.2 Å². The lowest BCUT2D eigenvalue weighted by atomic mass is 9.41. The standard InChI is InChI=1S/C66H83N5O9/c1-4-34-30-70-57(67)28-46(34)45(37-11-10-35-8-6-7-9-36(35)22-37)27-52(74)51(73)23-39-18-20-66(55(76)16-13-38-24-54(80-3)53(75)26-44(38)39)21-19-40(25-56(66)77)59-42(15-17-58(78)79)47-33-69-49-29-50(72)43-14-12-41-31-71-65-60(41)61(43)64(49)62(47)63(65)48(59)32-68-5-2/h6-11,22,24,26,28,31,39-40,42-43,45,47-49,51-52,56,58-59,61-64,68-71,73-75,77-79H,4-5,12-17,19,21,23,25,27,29-30,32-33,67H2,1-3H3/t39-,40+,42-,43+,45-,47+,48-,49-,51+,52-,56-,59+,61-,62+,63-,64+,66-/m1/s1. The van der Waals surface area contributed by atoms with Crippen LogP contribution in [-0.4, -0.2) is 111 Å². The highest BCUT2D eigenvalue weighted by molar-refractivity contribution is 5.89. The topological polar surface area (TPSA) is 243 Å². The van der Waals surface area contributed by atoms with Crippen LogP contribution in [0, 0.1) is 64.6 Å². The molecule has 0 unspecified atom stereocenters. The van der Waals surface area contributed by atoms with E-state index in [1.807, 2.05) is 18.2 Å². The molecule has 1 aromatic heterocycles. The van der Waals surface area contributed by atoms with E-state index in [4.69, 9.17) is 10.5 Å². The van der Waals surface area contributed by atoms with Crippen LogP contribution in [0.15, 0.2) is 83.8 Å². The Morgan fingerprint density at radius 1 is 0.925 bits per heavy atom. The number of rotatable bonds is 16. The van der Waals surface area contributed by atoms with Gasteiger partial charge in [-0.3, -0.25) is 9.59 Å². The van der Waals surface area contributed by atoms with Gasteiger partial charge in [-0.1, -0.05) is 68.2 Å². The van der Waals surface area contributed by atoms with Crippen molar-refractivity contribution in [2.75, 3.05) is 33.3 Å². The van der Waals surface area contributed by atoms with E-state index in [1.54, 1.807) is 12.1 Å². The van der Waals surface area contributed by atoms with Gasteiger partial charge < -0.3 is 62.0 Å². The number of carbonyl (C=O) groups excluding carboxylic acids is 2. The SMILES string of the molecule is CCNC[C@H]1[C@H]2c3[nH]cc4c3[C@@H]3[C@H]5[C@H]2[C@@H](CN[C@@H]5CC(=O)[C@@H]3CC4)[C@@H](CCC(O)O)[C@@H]1[C@H]1CC[C@@]2(C#C[C@H](C[C@H](O)[C@H](O)C[C@@H](C3=C(CC)CNC(N)=C3)c3ccc4ccccc4c3)c3cc(O)c(OC)cc3CCC2=O)[C@H](O)C1. The van der Waals surface area contributed by atoms with E-state index in [1.165, 1.54) is 29.5 Å². The minimum Gasteiger partial charge on any atom is -0.504 e. The maximum atomic E-state index is 15.1. The van der Waals surface area contributed by atoms with Gasteiger partial charge in [0.25, 0.3) is 0 Å². The Morgan fingerprint density at radius 3 is 2.52 bits per heavy atom. The number of carbonyl (C=O) groups is 2. The van der Waals surface area contributed by atoms with Crippen LogP contribution < -0.4 is 26.4 Å². The van der Waals surface area contributed by atoms with Crippen LogP contribution in [0.1, 0.15) is 142 Å². The Balaban J connectivity index is 0.878. The number of nitrogens with two attached hydrogens (primary N) is 1. The number of methoxy groups -OCH3 is 1. The molecule has 3 heterocycles. The maximum Gasteiger partial charge on any atom is 0.160 e. The Kier molecular flexibility index (Phi) is 15.4. The molecule has 12 rings (SSSR count). The molecule has 3 saturated carbocycles. The van der Waals surface area contributed by atoms with Gasteiger partial charge >= 0.3 is 0 Å². The number of aromatic hydroxyl groups is 1. The minimum absolute atomic E-state index is 0.00973. The number of phenolic OH excluding ortho intramolecular Hbond substituents is 1. The number of ketones is 2. The quantitative estimate of drug-likeness (QED) is 0.0408. The molecule has 0 amide bonds. The van der Waals surface area contributed by atoms with Crippen molar-refractivity contribution in [3.8, 4) is 23.3 Å². The van der Waals surface area contributed by atoms with E-state index in [-0.39, 0.29) is 109 Å². The third kappa shape index (κ3) is 9.60. The summed E-state index contributed by atoms with van der Waals surface area (Å²) >= 11 is 0. The molecule has 2 aliphatic heterocycles. The molecule has 17 atom stereocenters. The van der Waals surface area contributed by atoms with Crippen molar-refractivity contribution in [2.24, 2.45) is 58.5 Å². The number of benzene rings is 3. The fraction of sp³-hybridized carbons (Fsp3) is 0.576. The van der Waals surface area contributed by atoms with E-state index in [0.29, 0.717) is 67.7 Å². The second kappa shape index (κ2) is 22.3. The van der Waals surface area contributed by atoms with Gasteiger partial charge in [0.2, 0.25) is 0 Å². The largest absolute Gasteiger partial charge is 0.504 e. The van der Waals surface area contributed by atoms with Crippen LogP contribution in [0.3, 0.4) is 0 Å². The van der Waals surface area contributed by atoms with Gasteiger partial charge in [0.05, 0.1) is 31.2 Å². The first kappa shape index (κ1) is 55.1. The number of piperidine rings is 1. The molecule has 4 aromatic rings. The first-order chi connectivity index (χ1) is 38.7. The van der Waals surface area contributed by atoms with Gasteiger partial charge in [-0.25, -0.2) is 0 Å². The van der Waals surface area contributed by atoms with Gasteiger partial charge in [0, 0.05) is 66.9 Å². The Bertz CT molecular complexity index is 3140. The van der Waals surface area contributed by atoms with Crippen LogP contribution in [0.25, 0.3) is 10.8 Å². The van der Waals surface area contributed by atoms with E-state index in [9.17, 15) is 35.4 Å². The zero-order chi connectivity index (χ0) is 55.7. The van der Waals surface area contributed by atoms with E-state index >= 15 is 4.79 Å². The summed E-state index contributed by atoms with van der Waals surface area (Å²) in [6.07, 6.45) is 4.89. The number of aryl methyl sites for hydroxylation is 2. The minimum atomic E-state index is -1.46. The average molecular weight is 1090 g/mol. The summed E-state index contributed by atoms with van der Waals surface area (Å²) in [6.45, 7) is 7.10. The first-order valence-electron chi connectivity index (χ1n) is 30.2. The summed E-state index contributed by atoms with van der Waals surface area (Å²) in [5.41, 5.74) is 13.6. The number of hydrogen-bond donors (Lipinski definition) is 11. The highest BCUT2D eigenvalue weighted by Crippen LogP contribution is 2.68. The average Bonchev–Trinajstić information content (AvgIpc) is 4.10. The Hall–Kier alpha value is -5.50. The molecule has 1 saturated heterocycles. The summed E-state index contributed by atoms with van der Waals surface area (Å²) in [5, 5.41) is 83.2. The Morgan fingerprint density at radius 2 is 1.75 bits per heavy atom. The fourth-order valence-corrected chi connectivity index (χ4v) is 17.9. The molecule has 426 valence electrons. The van der Waals surface area contributed by atoms with Crippen molar-refractivity contribution < 1.29 is 45.0 Å². The highest BCUT2D eigenvalue weighted by atomic mass is 16.5. The molecule has 6 aliphatic carbocycles. The maximum absolute atomic E-state index is 15.1. The second-order valence-electron chi connectivity index (χ2n) is 25.2. The molecule has 8 aliphatic rings. The molecular formula is C66H83N5O9. The predicted octanol–water partition coefficient (Wildman–Crippen LogP) is 6.83. The van der Waals surface area contributed by atoms with Gasteiger partial charge in [0.1, 0.15) is 11.2 Å². The monoisotopic (exact) mass is 1090 g/mol.